The average Bonchev–Trinajstić information content (AvgIpc) is 1.88. The van der Waals surface area contributed by atoms with E-state index >= 15 is 0 Å². The van der Waals surface area contributed by atoms with Gasteiger partial charge in [0.05, 0.1) is 19.9 Å². The fourth-order valence-corrected chi connectivity index (χ4v) is 0.653. The smallest absolute Gasteiger partial charge is 0.141 e. The average molecular weight is 140 g/mol. The summed E-state index contributed by atoms with van der Waals surface area (Å²) in [6.45, 7) is 0.296. The lowest BCUT2D eigenvalue weighted by molar-refractivity contribution is 0.228. The number of hydrogen-bond acceptors (Lipinski definition) is 2. The van der Waals surface area contributed by atoms with Crippen molar-refractivity contribution in [3.63, 3.8) is 0 Å². The van der Waals surface area contributed by atoms with Gasteiger partial charge in [0.2, 0.25) is 0 Å². The van der Waals surface area contributed by atoms with Crippen LogP contribution in [0.4, 0.5) is 4.39 Å². The third-order valence-corrected chi connectivity index (χ3v) is 1.03. The van der Waals surface area contributed by atoms with Gasteiger partial charge in [-0.3, -0.25) is 4.98 Å². The van der Waals surface area contributed by atoms with Gasteiger partial charge in [-0.1, -0.05) is 0 Å². The van der Waals surface area contributed by atoms with Crippen molar-refractivity contribution in [3.05, 3.63) is 37.0 Å². The van der Waals surface area contributed by atoms with Gasteiger partial charge in [0, 0.05) is 6.20 Å². The second kappa shape index (κ2) is 3.27. The fourth-order valence-electron chi connectivity index (χ4n) is 0.653. The van der Waals surface area contributed by atoms with E-state index in [9.17, 15) is 4.39 Å². The molecule has 0 saturated heterocycles. The van der Waals surface area contributed by atoms with Crippen molar-refractivity contribution >= 4 is 0 Å². The molecule has 0 aromatic carbocycles. The molecule has 2 nitrogen and oxygen atoms in total. The van der Waals surface area contributed by atoms with Crippen LogP contribution in [0.25, 0.3) is 0 Å². The molecule has 1 aromatic heterocycles. The lowest BCUT2D eigenvalue weighted by atomic mass is 10.3. The van der Waals surface area contributed by atoms with E-state index in [4.69, 9.17) is 0 Å². The minimum Gasteiger partial charge on any atom is -0.374 e. The molecule has 0 aliphatic rings. The Hall–Kier alpha value is -0.960. The zero-order valence-electron chi connectivity index (χ0n) is 5.38. The van der Waals surface area contributed by atoms with Crippen molar-refractivity contribution < 1.29 is 9.13 Å². The normalized spacial score (nSPS) is 9.80. The minimum atomic E-state index is -0.352. The summed E-state index contributed by atoms with van der Waals surface area (Å²) in [7, 11) is 3.16. The van der Waals surface area contributed by atoms with Crippen LogP contribution in [0.15, 0.2) is 18.5 Å². The number of ether oxygens (including phenoxy) is 1. The molecule has 1 rings (SSSR count). The zero-order chi connectivity index (χ0) is 7.40. The van der Waals surface area contributed by atoms with E-state index in [1.165, 1.54) is 12.3 Å². The monoisotopic (exact) mass is 140 g/mol. The molecule has 0 amide bonds. The van der Waals surface area contributed by atoms with Crippen molar-refractivity contribution in [2.24, 2.45) is 0 Å². The van der Waals surface area contributed by atoms with E-state index in [2.05, 4.69) is 16.8 Å². The Balaban J connectivity index is 2.75. The van der Waals surface area contributed by atoms with Crippen LogP contribution in [0, 0.1) is 12.9 Å². The Bertz CT molecular complexity index is 215. The molecule has 53 valence electrons. The molecular weight excluding hydrogens is 133 g/mol. The standard InChI is InChI=1S/C7H7FNO/c1-10-5-6-2-7(8)4-9-3-6/h2-4H,1,5H2. The van der Waals surface area contributed by atoms with E-state index in [0.29, 0.717) is 12.2 Å². The van der Waals surface area contributed by atoms with Gasteiger partial charge in [-0.25, -0.2) is 4.39 Å². The maximum atomic E-state index is 12.4. The Morgan fingerprint density at radius 2 is 2.40 bits per heavy atom. The summed E-state index contributed by atoms with van der Waals surface area (Å²) in [4.78, 5) is 3.62. The predicted molar refractivity (Wildman–Crippen MR) is 34.3 cm³/mol. The first kappa shape index (κ1) is 7.15. The summed E-state index contributed by atoms with van der Waals surface area (Å²) >= 11 is 0. The molecule has 10 heavy (non-hydrogen) atoms. The summed E-state index contributed by atoms with van der Waals surface area (Å²) in [5, 5.41) is 0. The number of hydrogen-bond donors (Lipinski definition) is 0. The first-order valence-corrected chi connectivity index (χ1v) is 2.79. The number of rotatable bonds is 2. The van der Waals surface area contributed by atoms with Crippen molar-refractivity contribution in [2.75, 3.05) is 0 Å². The maximum Gasteiger partial charge on any atom is 0.141 e. The van der Waals surface area contributed by atoms with Gasteiger partial charge < -0.3 is 4.74 Å². The first-order chi connectivity index (χ1) is 4.83. The van der Waals surface area contributed by atoms with Gasteiger partial charge in [-0.05, 0) is 11.6 Å². The van der Waals surface area contributed by atoms with Crippen LogP contribution in [0.1, 0.15) is 5.56 Å². The van der Waals surface area contributed by atoms with Crippen LogP contribution >= 0.6 is 0 Å². The van der Waals surface area contributed by atoms with E-state index < -0.39 is 0 Å². The lowest BCUT2D eigenvalue weighted by Crippen LogP contribution is -1.88. The number of nitrogens with zero attached hydrogens (tertiary/aromatic N) is 1. The number of pyridine rings is 1. The van der Waals surface area contributed by atoms with Crippen molar-refractivity contribution in [3.8, 4) is 0 Å². The molecule has 0 aliphatic heterocycles. The van der Waals surface area contributed by atoms with Crippen molar-refractivity contribution in [1.29, 1.82) is 0 Å². The molecule has 0 unspecified atom stereocenters. The van der Waals surface area contributed by atoms with E-state index in [1.807, 2.05) is 0 Å². The molecule has 3 heteroatoms. The van der Waals surface area contributed by atoms with Gasteiger partial charge in [0.1, 0.15) is 5.82 Å². The van der Waals surface area contributed by atoms with E-state index in [1.54, 1.807) is 0 Å². The fraction of sp³-hybridized carbons (Fsp3) is 0.143. The summed E-state index contributed by atoms with van der Waals surface area (Å²) in [5.41, 5.74) is 0.690. The van der Waals surface area contributed by atoms with Crippen LogP contribution in [-0.4, -0.2) is 4.98 Å². The molecule has 1 heterocycles. The molecule has 0 saturated carbocycles. The Labute approximate surface area is 58.7 Å². The molecule has 1 aromatic rings. The Kier molecular flexibility index (Phi) is 2.34. The SMILES string of the molecule is [CH2]OCc1cncc(F)c1. The zero-order valence-corrected chi connectivity index (χ0v) is 5.38. The topological polar surface area (TPSA) is 22.1 Å². The summed E-state index contributed by atoms with van der Waals surface area (Å²) < 4.78 is 16.9. The summed E-state index contributed by atoms with van der Waals surface area (Å²) in [6.07, 6.45) is 2.68. The van der Waals surface area contributed by atoms with Crippen LogP contribution in [0.3, 0.4) is 0 Å². The van der Waals surface area contributed by atoms with Crippen molar-refractivity contribution in [1.82, 2.24) is 4.98 Å². The van der Waals surface area contributed by atoms with Gasteiger partial charge in [-0.2, -0.15) is 0 Å². The van der Waals surface area contributed by atoms with Crippen LogP contribution in [0.5, 0.6) is 0 Å². The van der Waals surface area contributed by atoms with E-state index in [-0.39, 0.29) is 5.82 Å². The van der Waals surface area contributed by atoms with Gasteiger partial charge in [0.15, 0.2) is 0 Å². The van der Waals surface area contributed by atoms with Crippen LogP contribution in [-0.2, 0) is 11.3 Å². The highest BCUT2D eigenvalue weighted by Gasteiger charge is 1.93. The molecule has 0 fully saturated rings. The highest BCUT2D eigenvalue weighted by molar-refractivity contribution is 5.08. The first-order valence-electron chi connectivity index (χ1n) is 2.79. The molecule has 0 aliphatic carbocycles. The molecule has 1 radical (unpaired) electrons. The van der Waals surface area contributed by atoms with E-state index in [0.717, 1.165) is 6.20 Å². The highest BCUT2D eigenvalue weighted by Crippen LogP contribution is 2.01. The predicted octanol–water partition coefficient (Wildman–Crippen LogP) is 1.53. The Morgan fingerprint density at radius 1 is 1.60 bits per heavy atom. The third-order valence-electron chi connectivity index (χ3n) is 1.03. The second-order valence-corrected chi connectivity index (χ2v) is 1.86. The summed E-state index contributed by atoms with van der Waals surface area (Å²) in [5.74, 6) is -0.352. The Morgan fingerprint density at radius 3 is 3.00 bits per heavy atom. The van der Waals surface area contributed by atoms with Gasteiger partial charge in [0.25, 0.3) is 0 Å². The molecule has 0 atom stereocenters. The van der Waals surface area contributed by atoms with Crippen LogP contribution < -0.4 is 0 Å². The molecule has 0 bridgehead atoms. The van der Waals surface area contributed by atoms with Gasteiger partial charge >= 0.3 is 0 Å². The number of halogens is 1. The quantitative estimate of drug-likeness (QED) is 0.621. The summed E-state index contributed by atoms with van der Waals surface area (Å²) in [6, 6.07) is 1.36. The lowest BCUT2D eigenvalue weighted by Gasteiger charge is -1.96. The molecule has 0 N–H and O–H groups in total. The molecular formula is C7H7FNO. The third kappa shape index (κ3) is 1.77. The van der Waals surface area contributed by atoms with Gasteiger partial charge in [-0.15, -0.1) is 0 Å². The largest absolute Gasteiger partial charge is 0.374 e. The van der Waals surface area contributed by atoms with Crippen LogP contribution in [0.2, 0.25) is 0 Å². The second-order valence-electron chi connectivity index (χ2n) is 1.86. The van der Waals surface area contributed by atoms with Crippen molar-refractivity contribution in [2.45, 2.75) is 6.61 Å². The minimum absolute atomic E-state index is 0.296. The maximum absolute atomic E-state index is 12.4. The number of aromatic nitrogens is 1. The highest BCUT2D eigenvalue weighted by atomic mass is 19.1. The molecule has 0 spiro atoms.